The summed E-state index contributed by atoms with van der Waals surface area (Å²) in [7, 11) is 0. The average molecular weight is 474 g/mol. The van der Waals surface area contributed by atoms with Crippen LogP contribution >= 0.6 is 0 Å². The van der Waals surface area contributed by atoms with Gasteiger partial charge in [-0.25, -0.2) is 9.97 Å². The number of fused-ring (bicyclic) bond motifs is 2. The van der Waals surface area contributed by atoms with E-state index in [1.54, 1.807) is 31.0 Å². The number of rotatable bonds is 5. The number of amides is 1. The quantitative estimate of drug-likeness (QED) is 0.338. The number of anilines is 1. The van der Waals surface area contributed by atoms with Gasteiger partial charge in [-0.05, 0) is 43.2 Å². The molecule has 1 aliphatic rings. The molecule has 0 radical (unpaired) electrons. The zero-order chi connectivity index (χ0) is 24.1. The average Bonchev–Trinajstić information content (AvgIpc) is 3.55. The van der Waals surface area contributed by atoms with Crippen LogP contribution in [0.5, 0.6) is 0 Å². The predicted octanol–water partition coefficient (Wildman–Crippen LogP) is 4.37. The van der Waals surface area contributed by atoms with Gasteiger partial charge < -0.3 is 10.3 Å². The first kappa shape index (κ1) is 20.4. The van der Waals surface area contributed by atoms with Crippen molar-refractivity contribution in [2.75, 3.05) is 5.32 Å². The molecule has 1 amide bonds. The van der Waals surface area contributed by atoms with Gasteiger partial charge in [0, 0.05) is 41.8 Å². The zero-order valence-corrected chi connectivity index (χ0v) is 18.9. The van der Waals surface area contributed by atoms with E-state index in [-0.39, 0.29) is 11.8 Å². The molecular formula is C26H19N9O. The van der Waals surface area contributed by atoms with Crippen LogP contribution in [0.4, 0.5) is 5.69 Å². The van der Waals surface area contributed by atoms with E-state index in [4.69, 9.17) is 4.98 Å². The molecule has 174 valence electrons. The van der Waals surface area contributed by atoms with Gasteiger partial charge in [-0.15, -0.1) is 0 Å². The van der Waals surface area contributed by atoms with Crippen LogP contribution < -0.4 is 5.32 Å². The molecule has 1 fully saturated rings. The summed E-state index contributed by atoms with van der Waals surface area (Å²) in [5, 5.41) is 11.2. The number of hydrogen-bond donors (Lipinski definition) is 3. The van der Waals surface area contributed by atoms with Crippen LogP contribution in [0.15, 0.2) is 67.4 Å². The largest absolute Gasteiger partial charge is 0.336 e. The van der Waals surface area contributed by atoms with Crippen molar-refractivity contribution in [3.8, 4) is 34.0 Å². The van der Waals surface area contributed by atoms with Crippen LogP contribution in [0.1, 0.15) is 12.8 Å². The number of imidazole rings is 1. The van der Waals surface area contributed by atoms with Crippen LogP contribution in [0.2, 0.25) is 0 Å². The maximum atomic E-state index is 12.2. The van der Waals surface area contributed by atoms with Gasteiger partial charge in [-0.1, -0.05) is 6.07 Å². The summed E-state index contributed by atoms with van der Waals surface area (Å²) < 4.78 is 0. The lowest BCUT2D eigenvalue weighted by Crippen LogP contribution is -2.13. The highest BCUT2D eigenvalue weighted by atomic mass is 16.2. The zero-order valence-electron chi connectivity index (χ0n) is 18.9. The predicted molar refractivity (Wildman–Crippen MR) is 135 cm³/mol. The maximum absolute atomic E-state index is 12.2. The van der Waals surface area contributed by atoms with Crippen LogP contribution in [0, 0.1) is 5.92 Å². The third kappa shape index (κ3) is 3.56. The van der Waals surface area contributed by atoms with Gasteiger partial charge in [0.05, 0.1) is 28.5 Å². The lowest BCUT2D eigenvalue weighted by molar-refractivity contribution is -0.117. The summed E-state index contributed by atoms with van der Waals surface area (Å²) >= 11 is 0. The van der Waals surface area contributed by atoms with Gasteiger partial charge in [0.25, 0.3) is 0 Å². The minimum absolute atomic E-state index is 0.0455. The van der Waals surface area contributed by atoms with Crippen molar-refractivity contribution >= 4 is 33.7 Å². The summed E-state index contributed by atoms with van der Waals surface area (Å²) in [4.78, 5) is 38.2. The van der Waals surface area contributed by atoms with Crippen molar-refractivity contribution in [1.29, 1.82) is 0 Å². The van der Waals surface area contributed by atoms with E-state index in [9.17, 15) is 4.79 Å². The highest BCUT2D eigenvalue weighted by molar-refractivity contribution is 5.97. The van der Waals surface area contributed by atoms with Crippen molar-refractivity contribution < 1.29 is 4.79 Å². The summed E-state index contributed by atoms with van der Waals surface area (Å²) in [5.41, 5.74) is 6.66. The number of aromatic nitrogens is 8. The fraction of sp³-hybridized carbons (Fsp3) is 0.115. The number of hydrogen-bond acceptors (Lipinski definition) is 7. The second kappa shape index (κ2) is 8.05. The van der Waals surface area contributed by atoms with Gasteiger partial charge in [-0.2, -0.15) is 5.10 Å². The standard InChI is InChI=1S/C26H19N9O/c36-26(14-4-5-14)31-17-9-15(11-27-13-17)16-10-18-21(34-35-24(18)30-12-16)25-32-20-6-8-29-22(23(20)33-25)19-3-1-2-7-28-19/h1-3,6-14H,4-5H2,(H,31,36)(H,32,33)(H,30,34,35). The normalized spacial score (nSPS) is 13.3. The molecule has 0 saturated heterocycles. The van der Waals surface area contributed by atoms with Crippen molar-refractivity contribution in [3.05, 3.63) is 67.4 Å². The lowest BCUT2D eigenvalue weighted by atomic mass is 10.1. The Kier molecular flexibility index (Phi) is 4.56. The molecule has 0 unspecified atom stereocenters. The molecule has 1 saturated carbocycles. The van der Waals surface area contributed by atoms with Crippen molar-refractivity contribution in [2.24, 2.45) is 5.92 Å². The molecule has 6 aromatic heterocycles. The number of nitrogens with zero attached hydrogens (tertiary/aromatic N) is 6. The molecule has 6 aromatic rings. The van der Waals surface area contributed by atoms with Gasteiger partial charge in [0.1, 0.15) is 16.9 Å². The monoisotopic (exact) mass is 473 g/mol. The Morgan fingerprint density at radius 1 is 0.944 bits per heavy atom. The Bertz CT molecular complexity index is 1750. The Morgan fingerprint density at radius 2 is 1.86 bits per heavy atom. The van der Waals surface area contributed by atoms with Crippen molar-refractivity contribution in [3.63, 3.8) is 0 Å². The minimum Gasteiger partial charge on any atom is -0.336 e. The molecule has 10 heteroatoms. The third-order valence-electron chi connectivity index (χ3n) is 6.24. The Labute approximate surface area is 204 Å². The Morgan fingerprint density at radius 3 is 2.72 bits per heavy atom. The molecule has 36 heavy (non-hydrogen) atoms. The maximum Gasteiger partial charge on any atom is 0.227 e. The second-order valence-electron chi connectivity index (χ2n) is 8.77. The Balaban J connectivity index is 1.28. The molecule has 10 nitrogen and oxygen atoms in total. The number of carbonyl (C=O) groups excluding carboxylic acids is 1. The summed E-state index contributed by atoms with van der Waals surface area (Å²) in [6.07, 6.45) is 10.5. The fourth-order valence-corrected chi connectivity index (χ4v) is 4.24. The molecule has 0 aromatic carbocycles. The van der Waals surface area contributed by atoms with Crippen LogP contribution in [0.25, 0.3) is 56.1 Å². The topological polar surface area (TPSA) is 138 Å². The van der Waals surface area contributed by atoms with Gasteiger partial charge in [0.2, 0.25) is 5.91 Å². The van der Waals surface area contributed by atoms with Crippen LogP contribution in [-0.2, 0) is 4.79 Å². The van der Waals surface area contributed by atoms with Crippen LogP contribution in [0.3, 0.4) is 0 Å². The minimum atomic E-state index is 0.0455. The fourth-order valence-electron chi connectivity index (χ4n) is 4.24. The SMILES string of the molecule is O=C(Nc1cncc(-c2cnc3[nH]nc(-c4nc5c(-c6ccccn6)nccc5[nH]4)c3c2)c1)C1CC1. The van der Waals surface area contributed by atoms with Crippen molar-refractivity contribution in [1.82, 2.24) is 40.1 Å². The summed E-state index contributed by atoms with van der Waals surface area (Å²) in [6.45, 7) is 0. The first-order chi connectivity index (χ1) is 17.7. The van der Waals surface area contributed by atoms with Gasteiger partial charge in [-0.3, -0.25) is 24.8 Å². The third-order valence-corrected chi connectivity index (χ3v) is 6.24. The molecule has 6 heterocycles. The number of carbonyl (C=O) groups is 1. The molecule has 0 aliphatic heterocycles. The van der Waals surface area contributed by atoms with Crippen LogP contribution in [-0.4, -0.2) is 46.0 Å². The van der Waals surface area contributed by atoms with Gasteiger partial charge >= 0.3 is 0 Å². The molecule has 1 aliphatic carbocycles. The highest BCUT2D eigenvalue weighted by Crippen LogP contribution is 2.33. The molecule has 3 N–H and O–H groups in total. The second-order valence-corrected chi connectivity index (χ2v) is 8.77. The number of H-pyrrole nitrogens is 2. The van der Waals surface area contributed by atoms with Crippen molar-refractivity contribution in [2.45, 2.75) is 12.8 Å². The number of pyridine rings is 4. The molecule has 0 spiro atoms. The summed E-state index contributed by atoms with van der Waals surface area (Å²) in [6, 6.07) is 11.5. The smallest absolute Gasteiger partial charge is 0.227 e. The van der Waals surface area contributed by atoms with E-state index < -0.39 is 0 Å². The first-order valence-corrected chi connectivity index (χ1v) is 11.6. The Hall–Kier alpha value is -4.99. The van der Waals surface area contributed by atoms with E-state index in [0.29, 0.717) is 28.5 Å². The van der Waals surface area contributed by atoms with E-state index in [0.717, 1.165) is 46.1 Å². The van der Waals surface area contributed by atoms with E-state index in [1.807, 2.05) is 36.4 Å². The molecule has 7 rings (SSSR count). The van der Waals surface area contributed by atoms with E-state index >= 15 is 0 Å². The molecule has 0 atom stereocenters. The van der Waals surface area contributed by atoms with E-state index in [1.165, 1.54) is 0 Å². The number of aromatic amines is 2. The number of nitrogens with one attached hydrogen (secondary N) is 3. The lowest BCUT2D eigenvalue weighted by Gasteiger charge is -2.06. The molecule has 0 bridgehead atoms. The van der Waals surface area contributed by atoms with E-state index in [2.05, 4.69) is 40.4 Å². The summed E-state index contributed by atoms with van der Waals surface area (Å²) in [5.74, 6) is 0.769. The molecular weight excluding hydrogens is 454 g/mol. The van der Waals surface area contributed by atoms with Gasteiger partial charge in [0.15, 0.2) is 11.5 Å². The highest BCUT2D eigenvalue weighted by Gasteiger charge is 2.29. The first-order valence-electron chi connectivity index (χ1n) is 11.6.